The fourth-order valence-electron chi connectivity index (χ4n) is 2.62. The van der Waals surface area contributed by atoms with Gasteiger partial charge in [-0.1, -0.05) is 12.1 Å². The lowest BCUT2D eigenvalue weighted by Gasteiger charge is -2.37. The summed E-state index contributed by atoms with van der Waals surface area (Å²) in [7, 11) is 0. The van der Waals surface area contributed by atoms with Crippen LogP contribution in [-0.2, 0) is 4.79 Å². The molecule has 0 radical (unpaired) electrons. The van der Waals surface area contributed by atoms with Gasteiger partial charge in [-0.15, -0.1) is 0 Å². The SMILES string of the molecule is CC(C)(C)N1C(=O)CCC1c1ccc(C#N)cc1. The van der Waals surface area contributed by atoms with E-state index in [1.54, 1.807) is 0 Å². The summed E-state index contributed by atoms with van der Waals surface area (Å²) in [6.07, 6.45) is 1.48. The molecule has 1 unspecified atom stereocenters. The van der Waals surface area contributed by atoms with Gasteiger partial charge in [-0.2, -0.15) is 5.26 Å². The molecule has 1 heterocycles. The number of likely N-dealkylation sites (tertiary alicyclic amines) is 1. The van der Waals surface area contributed by atoms with Crippen molar-refractivity contribution in [1.29, 1.82) is 5.26 Å². The Hall–Kier alpha value is -1.82. The molecule has 2 rings (SSSR count). The number of carbonyl (C=O) groups is 1. The molecule has 0 aliphatic carbocycles. The van der Waals surface area contributed by atoms with Gasteiger partial charge in [-0.05, 0) is 44.9 Å². The van der Waals surface area contributed by atoms with Crippen LogP contribution in [0.15, 0.2) is 24.3 Å². The lowest BCUT2D eigenvalue weighted by Crippen LogP contribution is -2.43. The first-order valence-electron chi connectivity index (χ1n) is 6.25. The molecule has 1 aliphatic heterocycles. The third-order valence-electron chi connectivity index (χ3n) is 3.36. The highest BCUT2D eigenvalue weighted by Crippen LogP contribution is 2.37. The first kappa shape index (κ1) is 12.6. The maximum absolute atomic E-state index is 12.0. The van der Waals surface area contributed by atoms with Gasteiger partial charge in [-0.25, -0.2) is 0 Å². The highest BCUT2D eigenvalue weighted by Gasteiger charge is 2.38. The molecule has 94 valence electrons. The van der Waals surface area contributed by atoms with E-state index in [-0.39, 0.29) is 17.5 Å². The third-order valence-corrected chi connectivity index (χ3v) is 3.36. The van der Waals surface area contributed by atoms with Gasteiger partial charge in [0, 0.05) is 12.0 Å². The van der Waals surface area contributed by atoms with Crippen molar-refractivity contribution in [2.45, 2.75) is 45.2 Å². The fourth-order valence-corrected chi connectivity index (χ4v) is 2.62. The number of hydrogen-bond donors (Lipinski definition) is 0. The Balaban J connectivity index is 2.32. The Morgan fingerprint density at radius 1 is 1.28 bits per heavy atom. The van der Waals surface area contributed by atoms with Crippen LogP contribution in [0.5, 0.6) is 0 Å². The van der Waals surface area contributed by atoms with Gasteiger partial charge < -0.3 is 4.90 Å². The average molecular weight is 242 g/mol. The molecule has 1 fully saturated rings. The third kappa shape index (κ3) is 2.24. The van der Waals surface area contributed by atoms with Crippen molar-refractivity contribution in [3.8, 4) is 6.07 Å². The second-order valence-corrected chi connectivity index (χ2v) is 5.72. The van der Waals surface area contributed by atoms with Crippen molar-refractivity contribution >= 4 is 5.91 Å². The molecule has 1 amide bonds. The van der Waals surface area contributed by atoms with Crippen molar-refractivity contribution < 1.29 is 4.79 Å². The van der Waals surface area contributed by atoms with Crippen molar-refractivity contribution in [2.75, 3.05) is 0 Å². The van der Waals surface area contributed by atoms with Crippen molar-refractivity contribution in [3.63, 3.8) is 0 Å². The minimum atomic E-state index is -0.161. The number of nitriles is 1. The predicted molar refractivity (Wildman–Crippen MR) is 69.7 cm³/mol. The van der Waals surface area contributed by atoms with Crippen molar-refractivity contribution in [2.24, 2.45) is 0 Å². The standard InChI is InChI=1S/C15H18N2O/c1-15(2,3)17-13(8-9-14(17)18)12-6-4-11(10-16)5-7-12/h4-7,13H,8-9H2,1-3H3. The Morgan fingerprint density at radius 3 is 2.39 bits per heavy atom. The number of carbonyl (C=O) groups excluding carboxylic acids is 1. The Kier molecular flexibility index (Phi) is 3.13. The minimum absolute atomic E-state index is 0.144. The van der Waals surface area contributed by atoms with E-state index in [1.807, 2.05) is 29.2 Å². The highest BCUT2D eigenvalue weighted by atomic mass is 16.2. The highest BCUT2D eigenvalue weighted by molar-refractivity contribution is 5.79. The zero-order valence-corrected chi connectivity index (χ0v) is 11.1. The molecule has 0 bridgehead atoms. The molecule has 3 nitrogen and oxygen atoms in total. The van der Waals surface area contributed by atoms with Crippen LogP contribution in [0.4, 0.5) is 0 Å². The zero-order chi connectivity index (χ0) is 13.3. The number of rotatable bonds is 1. The molecule has 3 heteroatoms. The summed E-state index contributed by atoms with van der Waals surface area (Å²) in [6, 6.07) is 9.81. The molecule has 0 N–H and O–H groups in total. The molecule has 0 saturated carbocycles. The molecule has 1 saturated heterocycles. The molecular weight excluding hydrogens is 224 g/mol. The van der Waals surface area contributed by atoms with Crippen LogP contribution in [0.25, 0.3) is 0 Å². The Bertz CT molecular complexity index is 491. The average Bonchev–Trinajstić information content (AvgIpc) is 2.71. The van der Waals surface area contributed by atoms with Crippen molar-refractivity contribution in [3.05, 3.63) is 35.4 Å². The van der Waals surface area contributed by atoms with Gasteiger partial charge in [0.05, 0.1) is 17.7 Å². The van der Waals surface area contributed by atoms with Gasteiger partial charge >= 0.3 is 0 Å². The summed E-state index contributed by atoms with van der Waals surface area (Å²) in [5.74, 6) is 0.219. The molecule has 0 spiro atoms. The number of amides is 1. The molecular formula is C15H18N2O. The maximum Gasteiger partial charge on any atom is 0.223 e. The van der Waals surface area contributed by atoms with Gasteiger partial charge in [0.25, 0.3) is 0 Å². The van der Waals surface area contributed by atoms with Gasteiger partial charge in [-0.3, -0.25) is 4.79 Å². The topological polar surface area (TPSA) is 44.1 Å². The lowest BCUT2D eigenvalue weighted by molar-refractivity contribution is -0.133. The van der Waals surface area contributed by atoms with Crippen LogP contribution >= 0.6 is 0 Å². The number of hydrogen-bond acceptors (Lipinski definition) is 2. The van der Waals surface area contributed by atoms with Crippen molar-refractivity contribution in [1.82, 2.24) is 4.90 Å². The van der Waals surface area contributed by atoms with Crippen LogP contribution in [0.3, 0.4) is 0 Å². The smallest absolute Gasteiger partial charge is 0.223 e. The molecule has 1 aliphatic rings. The molecule has 1 aromatic carbocycles. The summed E-state index contributed by atoms with van der Waals surface area (Å²) in [5, 5.41) is 8.80. The van der Waals surface area contributed by atoms with Gasteiger partial charge in [0.2, 0.25) is 5.91 Å². The second-order valence-electron chi connectivity index (χ2n) is 5.72. The largest absolute Gasteiger partial charge is 0.331 e. The summed E-state index contributed by atoms with van der Waals surface area (Å²) in [5.41, 5.74) is 1.62. The summed E-state index contributed by atoms with van der Waals surface area (Å²) >= 11 is 0. The summed E-state index contributed by atoms with van der Waals surface area (Å²) in [6.45, 7) is 6.19. The molecule has 18 heavy (non-hydrogen) atoms. The van der Waals surface area contributed by atoms with E-state index in [1.165, 1.54) is 0 Å². The van der Waals surface area contributed by atoms with E-state index >= 15 is 0 Å². The fraction of sp³-hybridized carbons (Fsp3) is 0.467. The van der Waals surface area contributed by atoms with E-state index in [0.29, 0.717) is 12.0 Å². The van der Waals surface area contributed by atoms with E-state index in [0.717, 1.165) is 12.0 Å². The first-order chi connectivity index (χ1) is 8.43. The van der Waals surface area contributed by atoms with Crippen LogP contribution < -0.4 is 0 Å². The first-order valence-corrected chi connectivity index (χ1v) is 6.25. The van der Waals surface area contributed by atoms with Crippen LogP contribution in [0.2, 0.25) is 0 Å². The quantitative estimate of drug-likeness (QED) is 0.759. The van der Waals surface area contributed by atoms with Crippen LogP contribution in [-0.4, -0.2) is 16.3 Å². The number of nitrogens with zero attached hydrogens (tertiary/aromatic N) is 2. The molecule has 1 aromatic rings. The minimum Gasteiger partial charge on any atom is -0.331 e. The summed E-state index contributed by atoms with van der Waals surface area (Å²) < 4.78 is 0. The normalized spacial score (nSPS) is 20.0. The lowest BCUT2D eigenvalue weighted by atomic mass is 9.98. The molecule has 0 aromatic heterocycles. The second kappa shape index (κ2) is 4.45. The van der Waals surface area contributed by atoms with E-state index in [9.17, 15) is 4.79 Å². The zero-order valence-electron chi connectivity index (χ0n) is 11.1. The monoisotopic (exact) mass is 242 g/mol. The van der Waals surface area contributed by atoms with E-state index < -0.39 is 0 Å². The van der Waals surface area contributed by atoms with Gasteiger partial charge in [0.15, 0.2) is 0 Å². The molecule has 1 atom stereocenters. The predicted octanol–water partition coefficient (Wildman–Crippen LogP) is 3.02. The Morgan fingerprint density at radius 2 is 1.89 bits per heavy atom. The van der Waals surface area contributed by atoms with Gasteiger partial charge in [0.1, 0.15) is 0 Å². The van der Waals surface area contributed by atoms with Crippen LogP contribution in [0.1, 0.15) is 50.8 Å². The number of benzene rings is 1. The van der Waals surface area contributed by atoms with E-state index in [2.05, 4.69) is 26.8 Å². The van der Waals surface area contributed by atoms with Crippen LogP contribution in [0, 0.1) is 11.3 Å². The Labute approximate surface area is 108 Å². The van der Waals surface area contributed by atoms with E-state index in [4.69, 9.17) is 5.26 Å². The summed E-state index contributed by atoms with van der Waals surface area (Å²) in [4.78, 5) is 14.0. The maximum atomic E-state index is 12.0.